The second-order valence-corrected chi connectivity index (χ2v) is 7.91. The molecule has 152 valence electrons. The molecule has 3 heterocycles. The van der Waals surface area contributed by atoms with Crippen LogP contribution < -0.4 is 5.32 Å². The zero-order valence-electron chi connectivity index (χ0n) is 17.2. The lowest BCUT2D eigenvalue weighted by Gasteiger charge is -2.35. The van der Waals surface area contributed by atoms with E-state index < -0.39 is 0 Å². The second-order valence-electron chi connectivity index (χ2n) is 7.91. The zero-order chi connectivity index (χ0) is 19.1. The Bertz CT molecular complexity index is 595. The Morgan fingerprint density at radius 1 is 1.33 bits per heavy atom. The molecule has 0 aliphatic carbocycles. The predicted octanol–water partition coefficient (Wildman–Crippen LogP) is 1.88. The van der Waals surface area contributed by atoms with Crippen LogP contribution in [-0.4, -0.2) is 78.0 Å². The molecule has 2 fully saturated rings. The van der Waals surface area contributed by atoms with Crippen LogP contribution in [0.5, 0.6) is 0 Å². The number of rotatable bonds is 6. The molecule has 1 aromatic rings. The number of guanidine groups is 1. The number of piperidine rings is 1. The van der Waals surface area contributed by atoms with E-state index >= 15 is 0 Å². The molecule has 2 saturated heterocycles. The van der Waals surface area contributed by atoms with Crippen molar-refractivity contribution in [3.63, 3.8) is 0 Å². The quantitative estimate of drug-likeness (QED) is 0.607. The Morgan fingerprint density at radius 3 is 2.85 bits per heavy atom. The molecule has 0 aromatic carbocycles. The van der Waals surface area contributed by atoms with Gasteiger partial charge in [-0.1, -0.05) is 13.3 Å². The van der Waals surface area contributed by atoms with Gasteiger partial charge in [0.15, 0.2) is 5.96 Å². The number of likely N-dealkylation sites (tertiary alicyclic amines) is 1. The van der Waals surface area contributed by atoms with Crippen molar-refractivity contribution >= 4 is 5.96 Å². The number of ether oxygens (including phenoxy) is 1. The molecule has 2 aliphatic heterocycles. The predicted molar refractivity (Wildman–Crippen MR) is 109 cm³/mol. The van der Waals surface area contributed by atoms with Gasteiger partial charge in [0.1, 0.15) is 6.10 Å². The van der Waals surface area contributed by atoms with Crippen LogP contribution in [0.2, 0.25) is 0 Å². The van der Waals surface area contributed by atoms with Gasteiger partial charge in [0.25, 0.3) is 0 Å². The third-order valence-corrected chi connectivity index (χ3v) is 5.37. The van der Waals surface area contributed by atoms with Crippen LogP contribution in [0.4, 0.5) is 0 Å². The van der Waals surface area contributed by atoms with Crippen molar-refractivity contribution in [3.8, 4) is 0 Å². The van der Waals surface area contributed by atoms with E-state index in [1.165, 1.54) is 32.4 Å². The van der Waals surface area contributed by atoms with Gasteiger partial charge in [0, 0.05) is 45.0 Å². The lowest BCUT2D eigenvalue weighted by Crippen LogP contribution is -2.48. The normalized spacial score (nSPS) is 23.4. The molecule has 2 atom stereocenters. The lowest BCUT2D eigenvalue weighted by atomic mass is 10.1. The van der Waals surface area contributed by atoms with Gasteiger partial charge in [-0.25, -0.2) is 0 Å². The van der Waals surface area contributed by atoms with E-state index in [4.69, 9.17) is 9.73 Å². The maximum atomic E-state index is 5.98. The number of aromatic nitrogens is 2. The standard InChI is InChI=1S/C20H36N6O/c1-4-21-20(22-12-17(2)14-25-8-6-5-7-9-25)26-10-11-27-19(16-26)18-13-23-24(3)15-18/h13,15,17,19H,4-12,14,16H2,1-3H3,(H,21,22). The minimum atomic E-state index is 0.0575. The average Bonchev–Trinajstić information content (AvgIpc) is 3.12. The van der Waals surface area contributed by atoms with Crippen LogP contribution in [0, 0.1) is 5.92 Å². The second kappa shape index (κ2) is 10.1. The first-order chi connectivity index (χ1) is 13.2. The fraction of sp³-hybridized carbons (Fsp3) is 0.800. The van der Waals surface area contributed by atoms with E-state index in [1.54, 1.807) is 0 Å². The molecule has 1 aromatic heterocycles. The summed E-state index contributed by atoms with van der Waals surface area (Å²) in [6.07, 6.45) is 8.09. The van der Waals surface area contributed by atoms with Gasteiger partial charge in [-0.2, -0.15) is 5.10 Å². The smallest absolute Gasteiger partial charge is 0.194 e. The van der Waals surface area contributed by atoms with Crippen LogP contribution in [0.1, 0.15) is 44.8 Å². The topological polar surface area (TPSA) is 57.9 Å². The Balaban J connectivity index is 1.56. The number of hydrogen-bond donors (Lipinski definition) is 1. The van der Waals surface area contributed by atoms with Gasteiger partial charge in [-0.15, -0.1) is 0 Å². The fourth-order valence-electron chi connectivity index (χ4n) is 3.96. The first-order valence-electron chi connectivity index (χ1n) is 10.5. The molecule has 0 saturated carbocycles. The summed E-state index contributed by atoms with van der Waals surface area (Å²) >= 11 is 0. The highest BCUT2D eigenvalue weighted by Gasteiger charge is 2.25. The summed E-state index contributed by atoms with van der Waals surface area (Å²) < 4.78 is 7.81. The van der Waals surface area contributed by atoms with Crippen molar-refractivity contribution in [2.75, 3.05) is 52.4 Å². The van der Waals surface area contributed by atoms with Crippen LogP contribution in [-0.2, 0) is 11.8 Å². The third kappa shape index (κ3) is 5.94. The Hall–Kier alpha value is -1.60. The van der Waals surface area contributed by atoms with Crippen molar-refractivity contribution in [1.82, 2.24) is 24.9 Å². The molecule has 0 amide bonds. The van der Waals surface area contributed by atoms with Gasteiger partial charge in [0.05, 0.1) is 19.3 Å². The zero-order valence-corrected chi connectivity index (χ0v) is 17.2. The summed E-state index contributed by atoms with van der Waals surface area (Å²) in [6, 6.07) is 0. The van der Waals surface area contributed by atoms with E-state index in [1.807, 2.05) is 24.1 Å². The number of nitrogens with zero attached hydrogens (tertiary/aromatic N) is 5. The summed E-state index contributed by atoms with van der Waals surface area (Å²) in [4.78, 5) is 9.90. The molecule has 2 unspecified atom stereocenters. The van der Waals surface area contributed by atoms with E-state index in [0.717, 1.165) is 44.2 Å². The van der Waals surface area contributed by atoms with Gasteiger partial charge in [-0.05, 0) is 38.8 Å². The molecule has 3 rings (SSSR count). The highest BCUT2D eigenvalue weighted by molar-refractivity contribution is 5.80. The number of morpholine rings is 1. The summed E-state index contributed by atoms with van der Waals surface area (Å²) in [5.41, 5.74) is 1.14. The van der Waals surface area contributed by atoms with Gasteiger partial charge in [-0.3, -0.25) is 9.67 Å². The highest BCUT2D eigenvalue weighted by atomic mass is 16.5. The molecule has 7 nitrogen and oxygen atoms in total. The minimum absolute atomic E-state index is 0.0575. The van der Waals surface area contributed by atoms with Crippen LogP contribution >= 0.6 is 0 Å². The number of nitrogens with one attached hydrogen (secondary N) is 1. The fourth-order valence-corrected chi connectivity index (χ4v) is 3.96. The van der Waals surface area contributed by atoms with Crippen molar-refractivity contribution in [2.45, 2.75) is 39.2 Å². The van der Waals surface area contributed by atoms with Gasteiger partial charge >= 0.3 is 0 Å². The molecule has 2 aliphatic rings. The maximum Gasteiger partial charge on any atom is 0.194 e. The first kappa shape index (κ1) is 20.1. The average molecular weight is 377 g/mol. The SMILES string of the molecule is CCNC(=NCC(C)CN1CCCCC1)N1CCOC(c2cnn(C)c2)C1. The molecule has 1 N–H and O–H groups in total. The van der Waals surface area contributed by atoms with Crippen molar-refractivity contribution < 1.29 is 4.74 Å². The first-order valence-corrected chi connectivity index (χ1v) is 10.5. The monoisotopic (exact) mass is 376 g/mol. The van der Waals surface area contributed by atoms with Gasteiger partial charge in [0.2, 0.25) is 0 Å². The van der Waals surface area contributed by atoms with E-state index in [-0.39, 0.29) is 6.10 Å². The number of hydrogen-bond acceptors (Lipinski definition) is 4. The molecule has 7 heteroatoms. The van der Waals surface area contributed by atoms with Crippen molar-refractivity contribution in [1.29, 1.82) is 0 Å². The highest BCUT2D eigenvalue weighted by Crippen LogP contribution is 2.21. The molecule has 0 bridgehead atoms. The lowest BCUT2D eigenvalue weighted by molar-refractivity contribution is -0.00806. The van der Waals surface area contributed by atoms with Crippen molar-refractivity contribution in [2.24, 2.45) is 18.0 Å². The van der Waals surface area contributed by atoms with Crippen LogP contribution in [0.3, 0.4) is 0 Å². The third-order valence-electron chi connectivity index (χ3n) is 5.37. The Morgan fingerprint density at radius 2 is 2.15 bits per heavy atom. The van der Waals surface area contributed by atoms with Crippen molar-refractivity contribution in [3.05, 3.63) is 18.0 Å². The van der Waals surface area contributed by atoms with Gasteiger partial charge < -0.3 is 19.9 Å². The maximum absolute atomic E-state index is 5.98. The summed E-state index contributed by atoms with van der Waals surface area (Å²) in [6.45, 7) is 12.3. The summed E-state index contributed by atoms with van der Waals surface area (Å²) in [7, 11) is 1.94. The number of aryl methyl sites for hydroxylation is 1. The van der Waals surface area contributed by atoms with E-state index in [2.05, 4.69) is 34.1 Å². The van der Waals surface area contributed by atoms with E-state index in [0.29, 0.717) is 12.5 Å². The molecular formula is C20H36N6O. The largest absolute Gasteiger partial charge is 0.370 e. The summed E-state index contributed by atoms with van der Waals surface area (Å²) in [5.74, 6) is 1.59. The van der Waals surface area contributed by atoms with Crippen LogP contribution in [0.25, 0.3) is 0 Å². The summed E-state index contributed by atoms with van der Waals surface area (Å²) in [5, 5.41) is 7.76. The molecule has 0 radical (unpaired) electrons. The Labute approximate surface area is 163 Å². The van der Waals surface area contributed by atoms with Crippen LogP contribution in [0.15, 0.2) is 17.4 Å². The Kier molecular flexibility index (Phi) is 7.52. The molecular weight excluding hydrogens is 340 g/mol. The van der Waals surface area contributed by atoms with E-state index in [9.17, 15) is 0 Å². The number of aliphatic imine (C=N–C) groups is 1. The molecule has 0 spiro atoms. The minimum Gasteiger partial charge on any atom is -0.370 e. The molecule has 27 heavy (non-hydrogen) atoms.